The van der Waals surface area contributed by atoms with Gasteiger partial charge in [0.05, 0.1) is 68.0 Å². The first-order chi connectivity index (χ1) is 70.3. The lowest BCUT2D eigenvalue weighted by atomic mass is 10.1. The quantitative estimate of drug-likeness (QED) is 0.0179. The van der Waals surface area contributed by atoms with Crippen LogP contribution in [0.15, 0.2) is 283 Å². The van der Waals surface area contributed by atoms with Crippen molar-refractivity contribution in [3.8, 4) is 45.3 Å². The third-order valence-electron chi connectivity index (χ3n) is 20.6. The van der Waals surface area contributed by atoms with Crippen molar-refractivity contribution in [3.63, 3.8) is 0 Å². The fraction of sp³-hybridized carbons (Fsp3) is 0.265. The van der Waals surface area contributed by atoms with E-state index in [1.807, 2.05) is 201 Å². The molecule has 4 heterocycles. The van der Waals surface area contributed by atoms with E-state index in [1.165, 1.54) is 9.70 Å². The number of alkyl halides is 3. The van der Waals surface area contributed by atoms with E-state index in [9.17, 15) is 57.0 Å². The summed E-state index contributed by atoms with van der Waals surface area (Å²) in [6.07, 6.45) is 3.87. The average Bonchev–Trinajstić information content (AvgIpc) is 1.40. The van der Waals surface area contributed by atoms with Crippen LogP contribution in [0.5, 0.6) is 0 Å². The van der Waals surface area contributed by atoms with Crippen molar-refractivity contribution < 1.29 is 57.0 Å². The van der Waals surface area contributed by atoms with Gasteiger partial charge < -0.3 is 83.6 Å². The van der Waals surface area contributed by atoms with E-state index in [1.54, 1.807) is 188 Å². The standard InChI is InChI=1S/C12H19N3O3S.C11H13F3N2.C11H15N3O2.C11H13N3.C10H12N4.C10H11N3.C10H16N2OS.C9H11N5.2C9H14N2O2S/c1-13-10-6-5-7-11(8-10)15(19(4,17)18)9-12(16)14(2)3;1-7(15-2)8-4-9(11(12,13)14)6-10(5-8)16-3;1-12-9-5-7(10(15)13-2)4-8(6-9)11(16)14-3;1-12-10-5-3-4-9(8-10)11-6-7-14(2)13-11;1-11-9-5-3-4-8(6-9)10-13-12-7-14(10)2;1-11-9-4-2-3-8(5-9)10-6-12-7-13-10;1-4-12-14(3,13)10-7-5-6-9(8-10)11-2;1-10-8-5-3-4-7(6-8)9-11-13-14(2)12-9;2*1-3-11-14(12,13)9-6-4-5-8(7-9)10-2/h5-8,13H,9H2,1-4H3;4-6,15-16H,1H2,2-3H3;4-6,12H,1-3H3,(H,13,15)(H,14,16);3-8,12H,1-2H3;3-7,11H,1-2H3;2-7,11H,1H3,(H,12,13);5-8,11H,3-4H2,1-2H3,(H,12,13);3-6,10H,1-2H3;2*4-7,10-11H,3H2,1-2H3. The van der Waals surface area contributed by atoms with Crippen molar-refractivity contribution in [3.05, 3.63) is 290 Å². The normalized spacial score (nSPS) is 10.9. The summed E-state index contributed by atoms with van der Waals surface area (Å²) in [6, 6.07) is 70.7. The zero-order valence-corrected chi connectivity index (χ0v) is 90.6. The largest absolute Gasteiger partial charge is 0.416 e. The first-order valence-electron chi connectivity index (χ1n) is 46.0. The Bertz CT molecular complexity index is 6710. The molecular weight excluding hydrogens is 1980 g/mol. The van der Waals surface area contributed by atoms with Gasteiger partial charge >= 0.3 is 6.18 Å². The lowest BCUT2D eigenvalue weighted by Crippen LogP contribution is -2.39. The molecule has 1 atom stereocenters. The number of likely N-dealkylation sites (N-methyl/N-ethyl adjacent to an activating group) is 1. The van der Waals surface area contributed by atoms with Gasteiger partial charge in [-0.05, 0) is 180 Å². The Kier molecular flexibility index (Phi) is 50.9. The van der Waals surface area contributed by atoms with Gasteiger partial charge in [0.1, 0.15) is 12.9 Å². The molecule has 0 aliphatic heterocycles. The number of hydrogen-bond acceptors (Lipinski definition) is 28. The third kappa shape index (κ3) is 40.6. The molecule has 17 N–H and O–H groups in total. The van der Waals surface area contributed by atoms with Crippen LogP contribution in [0.4, 0.5) is 75.7 Å². The van der Waals surface area contributed by atoms with E-state index in [-0.39, 0.29) is 34.1 Å². The number of aryl methyl sites for hydroxylation is 3. The van der Waals surface area contributed by atoms with Crippen molar-refractivity contribution >= 4 is 132 Å². The number of aromatic nitrogens is 11. The van der Waals surface area contributed by atoms with Crippen LogP contribution in [0.2, 0.25) is 0 Å². The second-order valence-corrected chi connectivity index (χ2v) is 38.9. The van der Waals surface area contributed by atoms with Crippen LogP contribution < -0.4 is 87.6 Å². The summed E-state index contributed by atoms with van der Waals surface area (Å²) in [5.41, 5.74) is 16.6. The second kappa shape index (κ2) is 61.4. The van der Waals surface area contributed by atoms with Crippen LogP contribution in [-0.2, 0) is 71.9 Å². The van der Waals surface area contributed by atoms with Crippen LogP contribution in [0.25, 0.3) is 51.0 Å². The molecule has 3 amide bonds. The Labute approximate surface area is 867 Å². The van der Waals surface area contributed by atoms with E-state index in [0.717, 1.165) is 118 Å². The van der Waals surface area contributed by atoms with Gasteiger partial charge in [-0.15, -0.1) is 20.4 Å². The average molecular weight is 2120 g/mol. The number of rotatable bonds is 31. The maximum Gasteiger partial charge on any atom is 0.416 e. The number of H-pyrrole nitrogens is 1. The smallest absolute Gasteiger partial charge is 0.388 e. The minimum absolute atomic E-state index is 0.209. The number of hydrogen-bond donors (Lipinski definition) is 17. The summed E-state index contributed by atoms with van der Waals surface area (Å²) >= 11 is 0. The highest BCUT2D eigenvalue weighted by atomic mass is 32.2. The van der Waals surface area contributed by atoms with Gasteiger partial charge in [-0.25, -0.2) is 48.6 Å². The predicted molar refractivity (Wildman–Crippen MR) is 597 cm³/mol. The van der Waals surface area contributed by atoms with E-state index in [2.05, 4.69) is 155 Å². The minimum Gasteiger partial charge on any atom is -0.388 e. The number of amides is 3. The first-order valence-corrected chi connectivity index (χ1v) is 52.5. The zero-order valence-electron chi connectivity index (χ0n) is 87.3. The molecule has 148 heavy (non-hydrogen) atoms. The number of nitrogens with zero attached hydrogens (tertiary/aromatic N) is 12. The number of nitrogens with one attached hydrogen (secondary N) is 17. The summed E-state index contributed by atoms with van der Waals surface area (Å²) in [6.45, 7) is 10.3. The van der Waals surface area contributed by atoms with E-state index in [4.69, 9.17) is 0 Å². The molecule has 0 saturated carbocycles. The van der Waals surface area contributed by atoms with Crippen LogP contribution in [0.3, 0.4) is 0 Å². The molecule has 796 valence electrons. The number of halogens is 3. The molecule has 14 rings (SSSR count). The number of tetrazole rings is 1. The minimum atomic E-state index is -4.35. The summed E-state index contributed by atoms with van der Waals surface area (Å²) in [5, 5.41) is 61.5. The van der Waals surface area contributed by atoms with Crippen LogP contribution in [0, 0.1) is 0 Å². The zero-order chi connectivity index (χ0) is 110. The fourth-order valence-electron chi connectivity index (χ4n) is 12.6. The fourth-order valence-corrected chi connectivity index (χ4v) is 16.9. The molecular formula is C102H138F3N29O10S4. The Morgan fingerprint density at radius 3 is 1.24 bits per heavy atom. The van der Waals surface area contributed by atoms with Gasteiger partial charge in [0, 0.05) is 246 Å². The summed E-state index contributed by atoms with van der Waals surface area (Å²) in [5.74, 6) is 4.50. The van der Waals surface area contributed by atoms with Crippen LogP contribution in [0.1, 0.15) is 52.6 Å². The third-order valence-corrected chi connectivity index (χ3v) is 26.6. The Morgan fingerprint density at radius 2 is 0.845 bits per heavy atom. The highest BCUT2D eigenvalue weighted by Gasteiger charge is 2.32. The molecule has 39 nitrogen and oxygen atoms in total. The molecule has 0 spiro atoms. The number of sulfonamides is 3. The SMILES string of the molecule is C=C(NC)c1cc(NC)cc(C(F)(F)F)c1.C=S(=O)(NCC)c1cccc(NC)c1.CCNS(=O)(=O)c1cccc(NC)c1.CCNS(=O)(=O)c1cccc(NC)c1.CNC(=O)c1cc(NC)cc(C(=O)NC)c1.CNc1cccc(-c2ccn(C)n2)c1.CNc1cccc(-c2cnc[nH]2)c1.CNc1cccc(-c2nncn2C)c1.CNc1cccc(-c2nnn(C)n2)c1.CNc1cccc(N(CC(=O)N(C)C)S(C)(=O)=O)c1. The van der Waals surface area contributed by atoms with Gasteiger partial charge in [0.15, 0.2) is 5.82 Å². The first kappa shape index (κ1) is 123. The van der Waals surface area contributed by atoms with Gasteiger partial charge in [-0.3, -0.25) is 23.4 Å². The summed E-state index contributed by atoms with van der Waals surface area (Å²) in [4.78, 5) is 45.8. The van der Waals surface area contributed by atoms with Gasteiger partial charge in [0.2, 0.25) is 41.8 Å². The highest BCUT2D eigenvalue weighted by Crippen LogP contribution is 2.34. The molecule has 0 saturated heterocycles. The monoisotopic (exact) mass is 2110 g/mol. The number of imidazole rings is 1. The summed E-state index contributed by atoms with van der Waals surface area (Å²) in [7, 11) is 19.0. The van der Waals surface area contributed by atoms with E-state index >= 15 is 0 Å². The van der Waals surface area contributed by atoms with Crippen molar-refractivity contribution in [2.45, 2.75) is 41.6 Å². The van der Waals surface area contributed by atoms with Crippen molar-refractivity contribution in [1.82, 2.24) is 89.7 Å². The number of benzene rings is 10. The van der Waals surface area contributed by atoms with Gasteiger partial charge in [0.25, 0.3) is 11.8 Å². The second-order valence-electron chi connectivity index (χ2n) is 31.4. The molecule has 0 aliphatic rings. The number of carbonyl (C=O) groups excluding carboxylic acids is 3. The molecule has 0 aliphatic carbocycles. The van der Waals surface area contributed by atoms with Crippen LogP contribution >= 0.6 is 0 Å². The molecule has 14 aromatic rings. The van der Waals surface area contributed by atoms with Crippen LogP contribution in [-0.4, -0.2) is 251 Å². The van der Waals surface area contributed by atoms with Crippen molar-refractivity contribution in [2.24, 2.45) is 21.1 Å². The number of carbonyl (C=O) groups is 3. The number of anilines is 11. The molecule has 4 aromatic heterocycles. The van der Waals surface area contributed by atoms with Gasteiger partial charge in [-0.2, -0.15) is 23.1 Å². The maximum atomic E-state index is 12.6. The predicted octanol–water partition coefficient (Wildman–Crippen LogP) is 14.0. The molecule has 46 heteroatoms. The molecule has 1 unspecified atom stereocenters. The summed E-state index contributed by atoms with van der Waals surface area (Å²) < 4.78 is 132. The van der Waals surface area contributed by atoms with E-state index in [0.29, 0.717) is 59.2 Å². The Balaban J connectivity index is 0.000000289. The number of aromatic amines is 1. The molecule has 0 bridgehead atoms. The van der Waals surface area contributed by atoms with E-state index < -0.39 is 51.5 Å². The van der Waals surface area contributed by atoms with Gasteiger partial charge in [-0.1, -0.05) is 100 Å². The van der Waals surface area contributed by atoms with Crippen molar-refractivity contribution in [1.29, 1.82) is 0 Å². The Hall–Kier alpha value is -15.9. The maximum absolute atomic E-state index is 12.6. The highest BCUT2D eigenvalue weighted by molar-refractivity contribution is 7.98. The van der Waals surface area contributed by atoms with Crippen molar-refractivity contribution in [2.75, 3.05) is 196 Å². The topological polar surface area (TPSA) is 490 Å². The molecule has 10 aromatic carbocycles. The molecule has 0 radical (unpaired) electrons. The lowest BCUT2D eigenvalue weighted by molar-refractivity contribution is -0.137. The lowest BCUT2D eigenvalue weighted by Gasteiger charge is -2.24. The Morgan fingerprint density at radius 1 is 0.439 bits per heavy atom. The molecule has 0 fully saturated rings.